The number of hydrogen-bond donors (Lipinski definition) is 0. The van der Waals surface area contributed by atoms with Crippen LogP contribution in [0.1, 0.15) is 18.4 Å². The summed E-state index contributed by atoms with van der Waals surface area (Å²) in [4.78, 5) is 23.5. The quantitative estimate of drug-likeness (QED) is 0.456. The molecule has 0 saturated carbocycles. The van der Waals surface area contributed by atoms with Gasteiger partial charge in [-0.2, -0.15) is 0 Å². The molecule has 0 amide bonds. The Labute approximate surface area is 111 Å². The highest BCUT2D eigenvalue weighted by Crippen LogP contribution is 2.19. The van der Waals surface area contributed by atoms with Crippen molar-refractivity contribution in [2.75, 3.05) is 0 Å². The van der Waals surface area contributed by atoms with Gasteiger partial charge in [0, 0.05) is 12.8 Å². The Morgan fingerprint density at radius 2 is 2.00 bits per heavy atom. The van der Waals surface area contributed by atoms with E-state index >= 15 is 0 Å². The van der Waals surface area contributed by atoms with E-state index in [0.29, 0.717) is 12.8 Å². The summed E-state index contributed by atoms with van der Waals surface area (Å²) < 4.78 is 10.3. The zero-order chi connectivity index (χ0) is 13.7. The molecule has 4 heteroatoms. The normalized spacial score (nSPS) is 22.1. The van der Waals surface area contributed by atoms with E-state index < -0.39 is 18.2 Å². The van der Waals surface area contributed by atoms with E-state index in [1.165, 1.54) is 0 Å². The number of carbonyl (C=O) groups is 2. The third-order valence-electron chi connectivity index (χ3n) is 2.86. The number of esters is 1. The summed E-state index contributed by atoms with van der Waals surface area (Å²) in [5, 5.41) is 0. The van der Waals surface area contributed by atoms with Gasteiger partial charge in [-0.15, -0.1) is 12.3 Å². The van der Waals surface area contributed by atoms with Crippen molar-refractivity contribution in [1.82, 2.24) is 0 Å². The minimum Gasteiger partial charge on any atom is -0.452 e. The second kappa shape index (κ2) is 6.17. The van der Waals surface area contributed by atoms with Crippen molar-refractivity contribution in [3.63, 3.8) is 0 Å². The van der Waals surface area contributed by atoms with Crippen LogP contribution in [0.3, 0.4) is 0 Å². The topological polar surface area (TPSA) is 52.6 Å². The second-order valence-corrected chi connectivity index (χ2v) is 4.25. The number of cyclic esters (lactones) is 1. The van der Waals surface area contributed by atoms with Crippen molar-refractivity contribution in [2.24, 2.45) is 0 Å². The van der Waals surface area contributed by atoms with Gasteiger partial charge in [0.05, 0.1) is 6.61 Å². The Bertz CT molecular complexity index is 501. The van der Waals surface area contributed by atoms with E-state index in [-0.39, 0.29) is 12.4 Å². The molecule has 0 N–H and O–H groups in total. The first-order valence-corrected chi connectivity index (χ1v) is 6.05. The van der Waals surface area contributed by atoms with Crippen molar-refractivity contribution in [3.8, 4) is 12.3 Å². The first-order valence-electron chi connectivity index (χ1n) is 6.05. The molecule has 1 aliphatic heterocycles. The van der Waals surface area contributed by atoms with Crippen LogP contribution in [-0.2, 0) is 25.7 Å². The molecular weight excluding hydrogens is 244 g/mol. The Morgan fingerprint density at radius 3 is 2.68 bits per heavy atom. The molecule has 0 aliphatic carbocycles. The third kappa shape index (κ3) is 3.21. The lowest BCUT2D eigenvalue weighted by atomic mass is 10.1. The maximum absolute atomic E-state index is 11.9. The van der Waals surface area contributed by atoms with Gasteiger partial charge in [0.1, 0.15) is 0 Å². The summed E-state index contributed by atoms with van der Waals surface area (Å²) in [6, 6.07) is 9.34. The highest BCUT2D eigenvalue weighted by Gasteiger charge is 2.43. The van der Waals surface area contributed by atoms with Gasteiger partial charge in [-0.25, -0.2) is 4.79 Å². The van der Waals surface area contributed by atoms with Crippen LogP contribution in [0.15, 0.2) is 30.3 Å². The van der Waals surface area contributed by atoms with Crippen LogP contribution < -0.4 is 0 Å². The summed E-state index contributed by atoms with van der Waals surface area (Å²) in [5.74, 6) is 1.46. The number of benzene rings is 1. The van der Waals surface area contributed by atoms with E-state index in [2.05, 4.69) is 5.92 Å². The molecule has 2 rings (SSSR count). The van der Waals surface area contributed by atoms with E-state index in [9.17, 15) is 9.59 Å². The highest BCUT2D eigenvalue weighted by atomic mass is 16.6. The molecule has 1 fully saturated rings. The van der Waals surface area contributed by atoms with Gasteiger partial charge >= 0.3 is 5.97 Å². The van der Waals surface area contributed by atoms with Crippen LogP contribution in [0.5, 0.6) is 0 Å². The molecule has 0 radical (unpaired) electrons. The van der Waals surface area contributed by atoms with Gasteiger partial charge in [-0.05, 0) is 5.56 Å². The molecule has 0 spiro atoms. The first-order chi connectivity index (χ1) is 9.22. The van der Waals surface area contributed by atoms with E-state index in [1.54, 1.807) is 0 Å². The highest BCUT2D eigenvalue weighted by molar-refractivity contribution is 6.09. The number of terminal acetylenes is 1. The fraction of sp³-hybridized carbons (Fsp3) is 0.333. The number of ether oxygens (including phenoxy) is 2. The van der Waals surface area contributed by atoms with Crippen molar-refractivity contribution in [3.05, 3.63) is 35.9 Å². The molecule has 2 unspecified atom stereocenters. The van der Waals surface area contributed by atoms with E-state index in [4.69, 9.17) is 15.9 Å². The number of rotatable bonds is 5. The molecule has 98 valence electrons. The maximum atomic E-state index is 11.9. The molecule has 1 aromatic rings. The van der Waals surface area contributed by atoms with Crippen LogP contribution in [0, 0.1) is 12.3 Å². The van der Waals surface area contributed by atoms with Gasteiger partial charge in [-0.3, -0.25) is 4.79 Å². The molecule has 2 atom stereocenters. The molecule has 1 aromatic carbocycles. The first kappa shape index (κ1) is 13.3. The largest absolute Gasteiger partial charge is 0.452 e. The van der Waals surface area contributed by atoms with Gasteiger partial charge in [0.2, 0.25) is 11.9 Å². The Kier molecular flexibility index (Phi) is 4.32. The number of carbonyl (C=O) groups excluding carboxylic acids is 2. The van der Waals surface area contributed by atoms with Crippen LogP contribution in [0.2, 0.25) is 0 Å². The molecular formula is C15H14O4. The molecule has 1 heterocycles. The summed E-state index contributed by atoms with van der Waals surface area (Å²) in [5.41, 5.74) is 0.898. The summed E-state index contributed by atoms with van der Waals surface area (Å²) >= 11 is 0. The summed E-state index contributed by atoms with van der Waals surface area (Å²) in [6.45, 7) is 0.203. The van der Waals surface area contributed by atoms with Gasteiger partial charge in [0.25, 0.3) is 0 Å². The Morgan fingerprint density at radius 1 is 1.26 bits per heavy atom. The summed E-state index contributed by atoms with van der Waals surface area (Å²) in [6.07, 6.45) is 3.99. The third-order valence-corrected chi connectivity index (χ3v) is 2.86. The molecule has 0 aromatic heterocycles. The smallest absolute Gasteiger partial charge is 0.343 e. The molecule has 1 aliphatic rings. The predicted octanol–water partition coefficient (Wildman–Crippen LogP) is 1.48. The van der Waals surface area contributed by atoms with Crippen molar-refractivity contribution in [1.29, 1.82) is 0 Å². The SMILES string of the molecule is C#CCCC1OC(=O)C(OCc2ccccc2)C1=O. The van der Waals surface area contributed by atoms with E-state index in [1.807, 2.05) is 30.3 Å². The van der Waals surface area contributed by atoms with Gasteiger partial charge in [-0.1, -0.05) is 30.3 Å². The van der Waals surface area contributed by atoms with Gasteiger partial charge in [0.15, 0.2) is 6.10 Å². The fourth-order valence-corrected chi connectivity index (χ4v) is 1.86. The number of Topliss-reactive ketones (excluding diaryl/α,β-unsaturated/α-hetero) is 1. The Balaban J connectivity index is 1.92. The zero-order valence-electron chi connectivity index (χ0n) is 10.4. The average molecular weight is 258 g/mol. The molecule has 4 nitrogen and oxygen atoms in total. The van der Waals surface area contributed by atoms with Crippen LogP contribution in [-0.4, -0.2) is 24.0 Å². The minimum absolute atomic E-state index is 0.203. The molecule has 0 bridgehead atoms. The Hall–Kier alpha value is -2.12. The lowest BCUT2D eigenvalue weighted by molar-refractivity contribution is -0.150. The van der Waals surface area contributed by atoms with Crippen molar-refractivity contribution >= 4 is 11.8 Å². The molecule has 19 heavy (non-hydrogen) atoms. The summed E-state index contributed by atoms with van der Waals surface area (Å²) in [7, 11) is 0. The standard InChI is InChI=1S/C15H14O4/c1-2-3-9-12-13(16)14(15(17)19-12)18-10-11-7-5-4-6-8-11/h1,4-8,12,14H,3,9-10H2. The zero-order valence-corrected chi connectivity index (χ0v) is 10.4. The monoisotopic (exact) mass is 258 g/mol. The van der Waals surface area contributed by atoms with Crippen molar-refractivity contribution in [2.45, 2.75) is 31.7 Å². The van der Waals surface area contributed by atoms with Gasteiger partial charge < -0.3 is 9.47 Å². The predicted molar refractivity (Wildman–Crippen MR) is 68.0 cm³/mol. The van der Waals surface area contributed by atoms with Crippen molar-refractivity contribution < 1.29 is 19.1 Å². The lowest BCUT2D eigenvalue weighted by Crippen LogP contribution is -2.28. The van der Waals surface area contributed by atoms with Crippen LogP contribution in [0.25, 0.3) is 0 Å². The number of hydrogen-bond acceptors (Lipinski definition) is 4. The fourth-order valence-electron chi connectivity index (χ4n) is 1.86. The lowest BCUT2D eigenvalue weighted by Gasteiger charge is -2.07. The van der Waals surface area contributed by atoms with E-state index in [0.717, 1.165) is 5.56 Å². The maximum Gasteiger partial charge on any atom is 0.343 e. The number of ketones is 1. The van der Waals surface area contributed by atoms with Crippen LogP contribution in [0.4, 0.5) is 0 Å². The minimum atomic E-state index is -1.12. The van der Waals surface area contributed by atoms with Crippen LogP contribution >= 0.6 is 0 Å². The second-order valence-electron chi connectivity index (χ2n) is 4.25. The average Bonchev–Trinajstić information content (AvgIpc) is 2.70. The molecule has 1 saturated heterocycles.